The highest BCUT2D eigenvalue weighted by Gasteiger charge is 2.33. The molecule has 0 radical (unpaired) electrons. The normalized spacial score (nSPS) is 13.7. The quantitative estimate of drug-likeness (QED) is 0.906. The van der Waals surface area contributed by atoms with Gasteiger partial charge in [0.2, 0.25) is 5.91 Å². The zero-order valence-corrected chi connectivity index (χ0v) is 11.7. The maximum atomic E-state index is 11.8. The Bertz CT molecular complexity index is 541. The molecule has 2 aromatic rings. The summed E-state index contributed by atoms with van der Waals surface area (Å²) in [5, 5.41) is 0. The van der Waals surface area contributed by atoms with Crippen molar-refractivity contribution in [2.75, 3.05) is 0 Å². The fraction of sp³-hybridized carbons (Fsp3) is 0.188. The van der Waals surface area contributed by atoms with E-state index in [-0.39, 0.29) is 5.91 Å². The molecule has 1 atom stereocenters. The van der Waals surface area contributed by atoms with Gasteiger partial charge in [0.05, 0.1) is 0 Å². The maximum absolute atomic E-state index is 11.8. The molecule has 0 spiro atoms. The Kier molecular flexibility index (Phi) is 4.27. The second-order valence-corrected chi connectivity index (χ2v) is 5.93. The van der Waals surface area contributed by atoms with Crippen molar-refractivity contribution in [1.29, 1.82) is 0 Å². The van der Waals surface area contributed by atoms with Crippen LogP contribution in [0.25, 0.3) is 0 Å². The molecule has 0 aromatic heterocycles. The first-order chi connectivity index (χ1) is 9.13. The van der Waals surface area contributed by atoms with Gasteiger partial charge in [-0.15, -0.1) is 11.8 Å². The van der Waals surface area contributed by atoms with E-state index in [1.54, 1.807) is 11.8 Å². The molecule has 2 aromatic carbocycles. The fourth-order valence-electron chi connectivity index (χ4n) is 1.85. The molecular formula is C16H17NOS. The molecule has 0 aliphatic rings. The van der Waals surface area contributed by atoms with Crippen molar-refractivity contribution in [3.63, 3.8) is 0 Å². The molecule has 3 heteroatoms. The van der Waals surface area contributed by atoms with Gasteiger partial charge >= 0.3 is 0 Å². The first-order valence-corrected chi connectivity index (χ1v) is 7.15. The van der Waals surface area contributed by atoms with E-state index in [0.717, 1.165) is 11.3 Å². The van der Waals surface area contributed by atoms with Crippen LogP contribution in [0.4, 0.5) is 0 Å². The van der Waals surface area contributed by atoms with Crippen molar-refractivity contribution in [2.24, 2.45) is 5.73 Å². The second-order valence-electron chi connectivity index (χ2n) is 4.54. The summed E-state index contributed by atoms with van der Waals surface area (Å²) in [5.41, 5.74) is 7.75. The molecule has 0 unspecified atom stereocenters. The first-order valence-electron chi connectivity index (χ1n) is 6.16. The molecule has 2 nitrogen and oxygen atoms in total. The predicted molar refractivity (Wildman–Crippen MR) is 80.7 cm³/mol. The van der Waals surface area contributed by atoms with Crippen molar-refractivity contribution in [3.05, 3.63) is 71.8 Å². The highest BCUT2D eigenvalue weighted by Crippen LogP contribution is 2.37. The third-order valence-corrected chi connectivity index (χ3v) is 4.66. The van der Waals surface area contributed by atoms with Crippen LogP contribution < -0.4 is 5.73 Å². The molecule has 0 fully saturated rings. The predicted octanol–water partition coefficient (Wildman–Crippen LogP) is 3.32. The number of amides is 1. The van der Waals surface area contributed by atoms with Crippen LogP contribution in [-0.2, 0) is 15.3 Å². The average Bonchev–Trinajstić information content (AvgIpc) is 2.46. The number of carbonyl (C=O) groups excluding carboxylic acids is 1. The van der Waals surface area contributed by atoms with Gasteiger partial charge in [0.1, 0.15) is 4.75 Å². The van der Waals surface area contributed by atoms with Gasteiger partial charge in [-0.25, -0.2) is 0 Å². The van der Waals surface area contributed by atoms with Crippen LogP contribution in [-0.4, -0.2) is 5.91 Å². The van der Waals surface area contributed by atoms with Gasteiger partial charge in [-0.3, -0.25) is 4.79 Å². The first kappa shape index (κ1) is 13.7. The third kappa shape index (κ3) is 3.18. The van der Waals surface area contributed by atoms with Crippen LogP contribution in [0.15, 0.2) is 60.7 Å². The Balaban J connectivity index is 2.19. The molecule has 0 aliphatic carbocycles. The summed E-state index contributed by atoms with van der Waals surface area (Å²) in [6.45, 7) is 1.89. The average molecular weight is 271 g/mol. The molecule has 1 amide bonds. The Labute approximate surface area is 118 Å². The van der Waals surface area contributed by atoms with Gasteiger partial charge in [-0.2, -0.15) is 0 Å². The zero-order chi connectivity index (χ0) is 13.7. The Hall–Kier alpha value is -1.74. The molecule has 0 heterocycles. The van der Waals surface area contributed by atoms with E-state index in [1.807, 2.05) is 55.5 Å². The van der Waals surface area contributed by atoms with Crippen LogP contribution in [0.3, 0.4) is 0 Å². The molecular weight excluding hydrogens is 254 g/mol. The Morgan fingerprint density at radius 1 is 1.05 bits per heavy atom. The number of hydrogen-bond acceptors (Lipinski definition) is 2. The van der Waals surface area contributed by atoms with E-state index < -0.39 is 4.75 Å². The van der Waals surface area contributed by atoms with E-state index in [0.29, 0.717) is 0 Å². The van der Waals surface area contributed by atoms with Gasteiger partial charge in [0.15, 0.2) is 0 Å². The monoisotopic (exact) mass is 271 g/mol. The third-order valence-electron chi connectivity index (χ3n) is 3.17. The van der Waals surface area contributed by atoms with Crippen LogP contribution in [0.5, 0.6) is 0 Å². The number of thioether (sulfide) groups is 1. The van der Waals surface area contributed by atoms with Gasteiger partial charge in [-0.1, -0.05) is 60.7 Å². The molecule has 2 rings (SSSR count). The lowest BCUT2D eigenvalue weighted by molar-refractivity contribution is -0.120. The Morgan fingerprint density at radius 3 is 2.11 bits per heavy atom. The summed E-state index contributed by atoms with van der Waals surface area (Å²) in [6, 6.07) is 19.8. The van der Waals surface area contributed by atoms with Crippen molar-refractivity contribution in [3.8, 4) is 0 Å². The molecule has 98 valence electrons. The van der Waals surface area contributed by atoms with Gasteiger partial charge in [0, 0.05) is 5.75 Å². The topological polar surface area (TPSA) is 43.1 Å². The minimum Gasteiger partial charge on any atom is -0.368 e. The van der Waals surface area contributed by atoms with Crippen molar-refractivity contribution >= 4 is 17.7 Å². The lowest BCUT2D eigenvalue weighted by atomic mass is 10.00. The van der Waals surface area contributed by atoms with Crippen LogP contribution in [0.2, 0.25) is 0 Å². The standard InChI is InChI=1S/C16H17NOS/c1-16(15(17)18,14-10-6-3-7-11-14)19-12-13-8-4-2-5-9-13/h2-11H,12H2,1H3,(H2,17,18)/t16-/m1/s1. The SMILES string of the molecule is C[C@](SCc1ccccc1)(C(N)=O)c1ccccc1. The smallest absolute Gasteiger partial charge is 0.237 e. The molecule has 0 bridgehead atoms. The highest BCUT2D eigenvalue weighted by atomic mass is 32.2. The van der Waals surface area contributed by atoms with Crippen molar-refractivity contribution in [1.82, 2.24) is 0 Å². The molecule has 0 saturated heterocycles. The van der Waals surface area contributed by atoms with E-state index in [2.05, 4.69) is 12.1 Å². The second kappa shape index (κ2) is 5.93. The van der Waals surface area contributed by atoms with Crippen molar-refractivity contribution in [2.45, 2.75) is 17.4 Å². The van der Waals surface area contributed by atoms with Crippen LogP contribution >= 0.6 is 11.8 Å². The largest absolute Gasteiger partial charge is 0.368 e. The number of benzene rings is 2. The number of primary amides is 1. The number of carbonyl (C=O) groups is 1. The zero-order valence-electron chi connectivity index (χ0n) is 10.9. The molecule has 0 saturated carbocycles. The summed E-state index contributed by atoms with van der Waals surface area (Å²) in [7, 11) is 0. The molecule has 2 N–H and O–H groups in total. The summed E-state index contributed by atoms with van der Waals surface area (Å²) < 4.78 is -0.697. The number of rotatable bonds is 5. The summed E-state index contributed by atoms with van der Waals surface area (Å²) in [4.78, 5) is 11.8. The molecule has 19 heavy (non-hydrogen) atoms. The fourth-order valence-corrected chi connectivity index (χ4v) is 2.95. The minimum atomic E-state index is -0.697. The maximum Gasteiger partial charge on any atom is 0.237 e. The lowest BCUT2D eigenvalue weighted by Crippen LogP contribution is -2.35. The van der Waals surface area contributed by atoms with Gasteiger partial charge in [-0.05, 0) is 18.1 Å². The van der Waals surface area contributed by atoms with E-state index in [9.17, 15) is 4.79 Å². The van der Waals surface area contributed by atoms with Gasteiger partial charge < -0.3 is 5.73 Å². The minimum absolute atomic E-state index is 0.306. The van der Waals surface area contributed by atoms with E-state index in [4.69, 9.17) is 5.73 Å². The van der Waals surface area contributed by atoms with E-state index >= 15 is 0 Å². The van der Waals surface area contributed by atoms with Crippen molar-refractivity contribution < 1.29 is 4.79 Å². The van der Waals surface area contributed by atoms with Crippen LogP contribution in [0.1, 0.15) is 18.1 Å². The summed E-state index contributed by atoms with van der Waals surface area (Å²) in [6.07, 6.45) is 0. The summed E-state index contributed by atoms with van der Waals surface area (Å²) >= 11 is 1.56. The van der Waals surface area contributed by atoms with Crippen LogP contribution in [0, 0.1) is 0 Å². The Morgan fingerprint density at radius 2 is 1.58 bits per heavy atom. The lowest BCUT2D eigenvalue weighted by Gasteiger charge is -2.26. The van der Waals surface area contributed by atoms with E-state index in [1.165, 1.54) is 5.56 Å². The highest BCUT2D eigenvalue weighted by molar-refractivity contribution is 8.00. The summed E-state index contributed by atoms with van der Waals surface area (Å²) in [5.74, 6) is 0.453. The number of nitrogens with two attached hydrogens (primary N) is 1. The van der Waals surface area contributed by atoms with Gasteiger partial charge in [0.25, 0.3) is 0 Å². The number of hydrogen-bond donors (Lipinski definition) is 1. The molecule has 0 aliphatic heterocycles.